The number of rotatable bonds is 1. The minimum atomic E-state index is 0.0277. The Morgan fingerprint density at radius 2 is 1.50 bits per heavy atom. The fraction of sp³-hybridized carbons (Fsp3) is 0.833. The van der Waals surface area contributed by atoms with E-state index in [0.29, 0.717) is 11.8 Å². The molecule has 1 aliphatic carbocycles. The van der Waals surface area contributed by atoms with Crippen LogP contribution in [0.2, 0.25) is 0 Å². The molecule has 1 heterocycles. The molecule has 2 nitrogen and oxygen atoms in total. The van der Waals surface area contributed by atoms with Gasteiger partial charge in [-0.3, -0.25) is 0 Å². The summed E-state index contributed by atoms with van der Waals surface area (Å²) in [6.07, 6.45) is 7.31. The Kier molecular flexibility index (Phi) is 2.93. The predicted octanol–water partition coefficient (Wildman–Crippen LogP) is 2.74. The summed E-state index contributed by atoms with van der Waals surface area (Å²) in [6, 6.07) is 0. The lowest BCUT2D eigenvalue weighted by atomic mass is 9.84. The molecule has 0 amide bonds. The number of allylic oxidation sites excluding steroid dienone is 2. The normalized spacial score (nSPS) is 48.4. The van der Waals surface area contributed by atoms with Crippen LogP contribution in [-0.4, -0.2) is 18.5 Å². The van der Waals surface area contributed by atoms with Crippen molar-refractivity contribution in [2.24, 2.45) is 11.8 Å². The van der Waals surface area contributed by atoms with E-state index >= 15 is 0 Å². The topological polar surface area (TPSA) is 18.5 Å². The van der Waals surface area contributed by atoms with Crippen molar-refractivity contribution >= 4 is 0 Å². The molecule has 80 valence electrons. The molecule has 0 spiro atoms. The molecular formula is C12H20O2. The summed E-state index contributed by atoms with van der Waals surface area (Å²) >= 11 is 0. The van der Waals surface area contributed by atoms with Crippen LogP contribution >= 0.6 is 0 Å². The Hall–Kier alpha value is -0.340. The van der Waals surface area contributed by atoms with E-state index in [0.717, 1.165) is 12.8 Å². The zero-order valence-corrected chi connectivity index (χ0v) is 9.27. The molecule has 5 atom stereocenters. The summed E-state index contributed by atoms with van der Waals surface area (Å²) in [7, 11) is 0. The SMILES string of the molecule is C[C@@H]1OC([C@H]2CC=CC[C@@H]2C)O[C@@H]1C. The first kappa shape index (κ1) is 10.2. The molecular weight excluding hydrogens is 176 g/mol. The minimum Gasteiger partial charge on any atom is -0.347 e. The van der Waals surface area contributed by atoms with Gasteiger partial charge in [0.1, 0.15) is 0 Å². The summed E-state index contributed by atoms with van der Waals surface area (Å²) in [5.74, 6) is 1.23. The van der Waals surface area contributed by atoms with Crippen molar-refractivity contribution in [3.63, 3.8) is 0 Å². The molecule has 0 aromatic rings. The highest BCUT2D eigenvalue weighted by atomic mass is 16.7. The molecule has 2 rings (SSSR count). The van der Waals surface area contributed by atoms with Crippen molar-refractivity contribution in [1.29, 1.82) is 0 Å². The Morgan fingerprint density at radius 1 is 0.929 bits per heavy atom. The van der Waals surface area contributed by atoms with Gasteiger partial charge in [-0.15, -0.1) is 0 Å². The van der Waals surface area contributed by atoms with Crippen LogP contribution in [0, 0.1) is 11.8 Å². The number of hydrogen-bond acceptors (Lipinski definition) is 2. The molecule has 0 bridgehead atoms. The number of hydrogen-bond donors (Lipinski definition) is 0. The van der Waals surface area contributed by atoms with E-state index in [1.54, 1.807) is 0 Å². The summed E-state index contributed by atoms with van der Waals surface area (Å²) in [5.41, 5.74) is 0. The molecule has 1 aliphatic heterocycles. The summed E-state index contributed by atoms with van der Waals surface area (Å²) in [4.78, 5) is 0. The van der Waals surface area contributed by atoms with E-state index in [1.807, 2.05) is 0 Å². The van der Waals surface area contributed by atoms with Crippen LogP contribution in [-0.2, 0) is 9.47 Å². The van der Waals surface area contributed by atoms with Crippen molar-refractivity contribution < 1.29 is 9.47 Å². The van der Waals surface area contributed by atoms with Crippen LogP contribution in [0.3, 0.4) is 0 Å². The maximum absolute atomic E-state index is 5.83. The van der Waals surface area contributed by atoms with E-state index in [1.165, 1.54) is 0 Å². The van der Waals surface area contributed by atoms with Gasteiger partial charge in [0, 0.05) is 5.92 Å². The second-order valence-corrected chi connectivity index (χ2v) is 4.63. The van der Waals surface area contributed by atoms with Crippen LogP contribution in [0.5, 0.6) is 0 Å². The highest BCUT2D eigenvalue weighted by Gasteiger charge is 2.37. The zero-order chi connectivity index (χ0) is 10.1. The first-order chi connectivity index (χ1) is 6.68. The number of ether oxygens (including phenoxy) is 2. The molecule has 0 saturated carbocycles. The highest BCUT2D eigenvalue weighted by molar-refractivity contribution is 4.95. The van der Waals surface area contributed by atoms with Crippen molar-refractivity contribution in [3.05, 3.63) is 12.2 Å². The lowest BCUT2D eigenvalue weighted by Crippen LogP contribution is -2.29. The lowest BCUT2D eigenvalue weighted by Gasteiger charge is -2.29. The molecule has 0 aromatic carbocycles. The van der Waals surface area contributed by atoms with Crippen molar-refractivity contribution in [2.75, 3.05) is 0 Å². The second kappa shape index (κ2) is 4.03. The Morgan fingerprint density at radius 3 is 2.07 bits per heavy atom. The van der Waals surface area contributed by atoms with Crippen molar-refractivity contribution in [1.82, 2.24) is 0 Å². The van der Waals surface area contributed by atoms with Gasteiger partial charge in [-0.25, -0.2) is 0 Å². The minimum absolute atomic E-state index is 0.0277. The van der Waals surface area contributed by atoms with Crippen LogP contribution in [0.4, 0.5) is 0 Å². The van der Waals surface area contributed by atoms with Crippen LogP contribution in [0.15, 0.2) is 12.2 Å². The standard InChI is InChI=1S/C12H20O2/c1-8-6-4-5-7-11(8)12-13-9(2)10(3)14-12/h4-5,8-12H,6-7H2,1-3H3/t8-,9-,10+,11-,12?/m0/s1. The van der Waals surface area contributed by atoms with E-state index in [-0.39, 0.29) is 18.5 Å². The fourth-order valence-electron chi connectivity index (χ4n) is 2.23. The summed E-state index contributed by atoms with van der Waals surface area (Å²) < 4.78 is 11.7. The lowest BCUT2D eigenvalue weighted by molar-refractivity contribution is -0.114. The molecule has 1 saturated heterocycles. The molecule has 2 heteroatoms. The van der Waals surface area contributed by atoms with Crippen LogP contribution in [0.25, 0.3) is 0 Å². The van der Waals surface area contributed by atoms with Gasteiger partial charge in [-0.05, 0) is 32.6 Å². The third-order valence-corrected chi connectivity index (χ3v) is 3.52. The van der Waals surface area contributed by atoms with Gasteiger partial charge >= 0.3 is 0 Å². The smallest absolute Gasteiger partial charge is 0.161 e. The van der Waals surface area contributed by atoms with E-state index in [4.69, 9.17) is 9.47 Å². The molecule has 0 radical (unpaired) electrons. The average Bonchev–Trinajstić information content (AvgIpc) is 2.48. The average molecular weight is 196 g/mol. The Labute approximate surface area is 86.3 Å². The molecule has 0 N–H and O–H groups in total. The van der Waals surface area contributed by atoms with Gasteiger partial charge in [0.05, 0.1) is 12.2 Å². The highest BCUT2D eigenvalue weighted by Crippen LogP contribution is 2.34. The summed E-state index contributed by atoms with van der Waals surface area (Å²) in [6.45, 7) is 6.47. The monoisotopic (exact) mass is 196 g/mol. The van der Waals surface area contributed by atoms with E-state index < -0.39 is 0 Å². The second-order valence-electron chi connectivity index (χ2n) is 4.63. The van der Waals surface area contributed by atoms with Gasteiger partial charge in [-0.2, -0.15) is 0 Å². The van der Waals surface area contributed by atoms with Gasteiger partial charge < -0.3 is 9.47 Å². The van der Waals surface area contributed by atoms with E-state index in [2.05, 4.69) is 32.9 Å². The Bertz CT molecular complexity index is 214. The summed E-state index contributed by atoms with van der Waals surface area (Å²) in [5, 5.41) is 0. The molecule has 1 unspecified atom stereocenters. The molecule has 1 fully saturated rings. The molecule has 2 aliphatic rings. The molecule has 14 heavy (non-hydrogen) atoms. The van der Waals surface area contributed by atoms with Crippen LogP contribution in [0.1, 0.15) is 33.6 Å². The van der Waals surface area contributed by atoms with Crippen molar-refractivity contribution in [3.8, 4) is 0 Å². The van der Waals surface area contributed by atoms with E-state index in [9.17, 15) is 0 Å². The van der Waals surface area contributed by atoms with Gasteiger partial charge in [0.15, 0.2) is 6.29 Å². The first-order valence-corrected chi connectivity index (χ1v) is 5.64. The van der Waals surface area contributed by atoms with Gasteiger partial charge in [0.2, 0.25) is 0 Å². The fourth-order valence-corrected chi connectivity index (χ4v) is 2.23. The predicted molar refractivity (Wildman–Crippen MR) is 55.9 cm³/mol. The largest absolute Gasteiger partial charge is 0.347 e. The third kappa shape index (κ3) is 1.86. The first-order valence-electron chi connectivity index (χ1n) is 5.64. The van der Waals surface area contributed by atoms with Gasteiger partial charge in [-0.1, -0.05) is 19.1 Å². The van der Waals surface area contributed by atoms with Crippen molar-refractivity contribution in [2.45, 2.75) is 52.1 Å². The maximum atomic E-state index is 5.83. The third-order valence-electron chi connectivity index (χ3n) is 3.52. The maximum Gasteiger partial charge on any atom is 0.161 e. The van der Waals surface area contributed by atoms with Gasteiger partial charge in [0.25, 0.3) is 0 Å². The Balaban J connectivity index is 1.98. The molecule has 0 aromatic heterocycles. The zero-order valence-electron chi connectivity index (χ0n) is 9.27. The quantitative estimate of drug-likeness (QED) is 0.600. The van der Waals surface area contributed by atoms with Crippen LogP contribution < -0.4 is 0 Å².